The maximum absolute atomic E-state index is 14.1. The number of aliphatic hydroxyl groups is 1. The summed E-state index contributed by atoms with van der Waals surface area (Å²) in [4.78, 5) is 149. The van der Waals surface area contributed by atoms with E-state index in [0.717, 1.165) is 0 Å². The molecule has 0 aliphatic heterocycles. The molecule has 0 aromatic carbocycles. The van der Waals surface area contributed by atoms with E-state index in [1.54, 1.807) is 41.5 Å². The Balaban J connectivity index is 6.63. The molecule has 28 nitrogen and oxygen atoms in total. The van der Waals surface area contributed by atoms with Gasteiger partial charge in [0.05, 0.1) is 18.6 Å². The Bertz CT molecular complexity index is 1960. The Morgan fingerprint density at radius 2 is 0.880 bits per heavy atom. The number of amides is 8. The number of hydrogen-bond acceptors (Lipinski definition) is 15. The molecule has 8 amide bonds. The SMILES string of the molecule is CC(C)C[C@H](NC(=O)[C@@H](NC(=O)[C@H](CCCCN)NC(=O)[C@H](CC(=O)O)NC(=O)[C@H](CC(C)C)NC(=O)[C@@H](NC(=O)[C@@H](N)CCCN=C(N)N)[C@@H](C)O)C(C)C)C(=O)N[C@@H](CCC(=O)O)C(=O)N[C@H](C(=O)O)C(C)C. The molecule has 0 saturated heterocycles. The first kappa shape index (κ1) is 68.3. The average Bonchev–Trinajstić information content (AvgIpc) is 3.29. The van der Waals surface area contributed by atoms with Crippen molar-refractivity contribution in [2.75, 3.05) is 13.1 Å². The van der Waals surface area contributed by atoms with Gasteiger partial charge in [-0.3, -0.25) is 52.9 Å². The quantitative estimate of drug-likeness (QED) is 0.0164. The molecular formula is C47H85N13O15. The van der Waals surface area contributed by atoms with E-state index in [1.165, 1.54) is 20.8 Å². The third-order valence-corrected chi connectivity index (χ3v) is 11.4. The maximum atomic E-state index is 14.1. The summed E-state index contributed by atoms with van der Waals surface area (Å²) < 4.78 is 0. The van der Waals surface area contributed by atoms with Crippen molar-refractivity contribution < 1.29 is 73.2 Å². The standard InChI is InChI=1S/C47H85N13O15/c1-22(2)19-30(41(69)54-29(15-16-33(62)63)40(68)59-36(25(7)8)46(74)75)56-44(72)35(24(5)6)58-39(67)28(14-10-11-17-48)53-43(71)32(21-34(64)65)55-42(70)31(20-23(3)4)57-45(73)37(26(9)61)60-38(66)27(49)13-12-18-52-47(50)51/h22-32,35-37,61H,10-21,48-49H2,1-9H3,(H,53,71)(H,54,69)(H,55,70)(H,56,72)(H,57,73)(H,58,67)(H,59,68)(H,60,66)(H,62,63)(H,64,65)(H,74,75)(H4,50,51,52)/t26-,27+,28+,29+,30+,31+,32+,35+,36+,37+/m1/s1. The minimum atomic E-state index is -1.85. The molecular weight excluding hydrogens is 987 g/mol. The highest BCUT2D eigenvalue weighted by Crippen LogP contribution is 2.13. The van der Waals surface area contributed by atoms with Gasteiger partial charge < -0.3 is 85.9 Å². The van der Waals surface area contributed by atoms with Crippen LogP contribution in [0.5, 0.6) is 0 Å². The topological polar surface area (TPSA) is 481 Å². The first-order chi connectivity index (χ1) is 34.8. The van der Waals surface area contributed by atoms with E-state index in [4.69, 9.17) is 22.9 Å². The Morgan fingerprint density at radius 1 is 0.467 bits per heavy atom. The van der Waals surface area contributed by atoms with Crippen molar-refractivity contribution in [3.05, 3.63) is 0 Å². The van der Waals surface area contributed by atoms with Crippen LogP contribution in [-0.4, -0.2) is 165 Å². The van der Waals surface area contributed by atoms with Gasteiger partial charge in [0.15, 0.2) is 5.96 Å². The number of aliphatic carboxylic acids is 3. The van der Waals surface area contributed by atoms with Crippen LogP contribution in [0, 0.1) is 23.7 Å². The molecule has 0 rings (SSSR count). The van der Waals surface area contributed by atoms with Crippen LogP contribution in [-0.2, 0) is 52.7 Å². The van der Waals surface area contributed by atoms with Gasteiger partial charge in [0.25, 0.3) is 0 Å². The summed E-state index contributed by atoms with van der Waals surface area (Å²) in [6.07, 6.45) is -2.67. The molecule has 0 unspecified atom stereocenters. The van der Waals surface area contributed by atoms with Gasteiger partial charge in [-0.25, -0.2) is 4.79 Å². The first-order valence-corrected chi connectivity index (χ1v) is 25.1. The molecule has 0 saturated carbocycles. The van der Waals surface area contributed by atoms with Crippen molar-refractivity contribution in [3.8, 4) is 0 Å². The van der Waals surface area contributed by atoms with Gasteiger partial charge in [0.1, 0.15) is 48.3 Å². The lowest BCUT2D eigenvalue weighted by molar-refractivity contribution is -0.144. The van der Waals surface area contributed by atoms with E-state index in [1.807, 2.05) is 0 Å². The van der Waals surface area contributed by atoms with E-state index >= 15 is 0 Å². The molecule has 0 fully saturated rings. The number of nitrogens with zero attached hydrogens (tertiary/aromatic N) is 1. The summed E-state index contributed by atoms with van der Waals surface area (Å²) >= 11 is 0. The van der Waals surface area contributed by atoms with Crippen molar-refractivity contribution in [2.24, 2.45) is 51.6 Å². The molecule has 428 valence electrons. The molecule has 20 N–H and O–H groups in total. The van der Waals surface area contributed by atoms with Crippen LogP contribution < -0.4 is 65.5 Å². The summed E-state index contributed by atoms with van der Waals surface area (Å²) in [6, 6.07) is -13.2. The van der Waals surface area contributed by atoms with E-state index in [2.05, 4.69) is 47.5 Å². The largest absolute Gasteiger partial charge is 0.481 e. The van der Waals surface area contributed by atoms with Crippen molar-refractivity contribution in [1.29, 1.82) is 0 Å². The number of aliphatic hydroxyl groups excluding tert-OH is 1. The summed E-state index contributed by atoms with van der Waals surface area (Å²) in [6.45, 7) is 14.6. The van der Waals surface area contributed by atoms with E-state index < -0.39 is 157 Å². The Kier molecular flexibility index (Phi) is 31.6. The number of guanidine groups is 1. The van der Waals surface area contributed by atoms with Gasteiger partial charge in [-0.15, -0.1) is 0 Å². The Hall–Kier alpha value is -6.68. The summed E-state index contributed by atoms with van der Waals surface area (Å²) in [5.74, 6) is -13.8. The van der Waals surface area contributed by atoms with Gasteiger partial charge in [0, 0.05) is 13.0 Å². The van der Waals surface area contributed by atoms with Gasteiger partial charge in [-0.2, -0.15) is 0 Å². The first-order valence-electron chi connectivity index (χ1n) is 25.1. The van der Waals surface area contributed by atoms with Gasteiger partial charge >= 0.3 is 17.9 Å². The number of unbranched alkanes of at least 4 members (excludes halogenated alkanes) is 1. The monoisotopic (exact) mass is 1070 g/mol. The lowest BCUT2D eigenvalue weighted by atomic mass is 9.98. The summed E-state index contributed by atoms with van der Waals surface area (Å²) in [5, 5.41) is 58.8. The summed E-state index contributed by atoms with van der Waals surface area (Å²) in [5.41, 5.74) is 22.3. The predicted octanol–water partition coefficient (Wildman–Crippen LogP) is -3.42. The number of rotatable bonds is 37. The Morgan fingerprint density at radius 3 is 1.29 bits per heavy atom. The lowest BCUT2D eigenvalue weighted by Gasteiger charge is -2.29. The predicted molar refractivity (Wildman–Crippen MR) is 273 cm³/mol. The smallest absolute Gasteiger partial charge is 0.326 e. The fraction of sp³-hybridized carbons (Fsp3) is 0.745. The van der Waals surface area contributed by atoms with Crippen molar-refractivity contribution >= 4 is 71.1 Å². The number of hydrogen-bond donors (Lipinski definition) is 16. The molecule has 28 heteroatoms. The van der Waals surface area contributed by atoms with Crippen LogP contribution in [0.4, 0.5) is 0 Å². The minimum Gasteiger partial charge on any atom is -0.481 e. The number of nitrogens with one attached hydrogen (secondary N) is 8. The number of carbonyl (C=O) groups excluding carboxylic acids is 8. The van der Waals surface area contributed by atoms with Gasteiger partial charge in [-0.05, 0) is 88.5 Å². The maximum Gasteiger partial charge on any atom is 0.326 e. The summed E-state index contributed by atoms with van der Waals surface area (Å²) in [7, 11) is 0. The lowest BCUT2D eigenvalue weighted by Crippen LogP contribution is -2.62. The van der Waals surface area contributed by atoms with Crippen molar-refractivity contribution in [3.63, 3.8) is 0 Å². The highest BCUT2D eigenvalue weighted by molar-refractivity contribution is 5.99. The number of carbonyl (C=O) groups is 11. The van der Waals surface area contributed by atoms with Crippen LogP contribution >= 0.6 is 0 Å². The second-order valence-corrected chi connectivity index (χ2v) is 20.0. The number of carboxylic acids is 3. The third-order valence-electron chi connectivity index (χ3n) is 11.4. The van der Waals surface area contributed by atoms with Crippen LogP contribution in [0.3, 0.4) is 0 Å². The molecule has 75 heavy (non-hydrogen) atoms. The van der Waals surface area contributed by atoms with Crippen LogP contribution in [0.25, 0.3) is 0 Å². The second kappa shape index (κ2) is 34.7. The molecule has 0 aliphatic carbocycles. The normalized spacial score (nSPS) is 15.3. The molecule has 0 heterocycles. The van der Waals surface area contributed by atoms with Crippen molar-refractivity contribution in [1.82, 2.24) is 42.5 Å². The molecule has 0 spiro atoms. The van der Waals surface area contributed by atoms with Gasteiger partial charge in [-0.1, -0.05) is 55.4 Å². The molecule has 0 bridgehead atoms. The zero-order valence-corrected chi connectivity index (χ0v) is 44.6. The molecule has 0 aliphatic rings. The average molecular weight is 1070 g/mol. The molecule has 0 radical (unpaired) electrons. The fourth-order valence-corrected chi connectivity index (χ4v) is 7.30. The van der Waals surface area contributed by atoms with E-state index in [-0.39, 0.29) is 63.0 Å². The second-order valence-electron chi connectivity index (χ2n) is 20.0. The number of aliphatic imine (C=N–C) groups is 1. The molecule has 0 aromatic rings. The highest BCUT2D eigenvalue weighted by Gasteiger charge is 2.37. The van der Waals surface area contributed by atoms with E-state index in [0.29, 0.717) is 12.8 Å². The van der Waals surface area contributed by atoms with Gasteiger partial charge in [0.2, 0.25) is 47.3 Å². The minimum absolute atomic E-state index is 0.0143. The zero-order valence-electron chi connectivity index (χ0n) is 44.6. The number of carboxylic acid groups (broad SMARTS) is 3. The van der Waals surface area contributed by atoms with Crippen LogP contribution in [0.1, 0.15) is 127 Å². The van der Waals surface area contributed by atoms with E-state index in [9.17, 15) is 73.2 Å². The van der Waals surface area contributed by atoms with Crippen molar-refractivity contribution in [2.45, 2.75) is 187 Å². The molecule has 0 aromatic heterocycles. The highest BCUT2D eigenvalue weighted by atomic mass is 16.4. The zero-order chi connectivity index (χ0) is 57.9. The fourth-order valence-electron chi connectivity index (χ4n) is 7.30. The van der Waals surface area contributed by atoms with Crippen LogP contribution in [0.2, 0.25) is 0 Å². The number of nitrogens with two attached hydrogens (primary N) is 4. The van der Waals surface area contributed by atoms with Crippen LogP contribution in [0.15, 0.2) is 4.99 Å². The third kappa shape index (κ3) is 27.4. The Labute approximate surface area is 437 Å². The molecule has 10 atom stereocenters.